The van der Waals surface area contributed by atoms with Gasteiger partial charge >= 0.3 is 0 Å². The molecule has 1 aliphatic heterocycles. The number of nitrogens with zero attached hydrogens (tertiary/aromatic N) is 1. The maximum atomic E-state index is 11.3. The van der Waals surface area contributed by atoms with Crippen molar-refractivity contribution in [2.24, 2.45) is 0 Å². The maximum Gasteiger partial charge on any atom is 0.243 e. The summed E-state index contributed by atoms with van der Waals surface area (Å²) < 4.78 is 0. The van der Waals surface area contributed by atoms with Crippen molar-refractivity contribution in [3.63, 3.8) is 0 Å². The van der Waals surface area contributed by atoms with Gasteiger partial charge in [-0.15, -0.1) is 0 Å². The van der Waals surface area contributed by atoms with Gasteiger partial charge in [-0.1, -0.05) is 6.07 Å². The van der Waals surface area contributed by atoms with Crippen molar-refractivity contribution in [1.82, 2.24) is 0 Å². The molecule has 2 rings (SSSR count). The number of carbonyl (C=O) groups excluding carboxylic acids is 1. The van der Waals surface area contributed by atoms with Gasteiger partial charge in [-0.2, -0.15) is 0 Å². The molecule has 15 heavy (non-hydrogen) atoms. The second-order valence-corrected chi connectivity index (χ2v) is 3.86. The minimum absolute atomic E-state index is 0.00482. The molecule has 1 atom stereocenters. The molecule has 1 heterocycles. The van der Waals surface area contributed by atoms with Crippen molar-refractivity contribution in [2.75, 3.05) is 23.8 Å². The van der Waals surface area contributed by atoms with E-state index >= 15 is 0 Å². The van der Waals surface area contributed by atoms with E-state index in [9.17, 15) is 9.90 Å². The number of aliphatic hydroxyl groups is 1. The third-order valence-electron chi connectivity index (χ3n) is 2.57. The lowest BCUT2D eigenvalue weighted by molar-refractivity contribution is -0.115. The Labute approximate surface area is 88.5 Å². The van der Waals surface area contributed by atoms with Gasteiger partial charge in [0.2, 0.25) is 5.91 Å². The number of aliphatic hydroxyl groups excluding tert-OH is 1. The molecular formula is C11H14N2O2. The summed E-state index contributed by atoms with van der Waals surface area (Å²) >= 11 is 0. The Hall–Kier alpha value is -1.55. The Kier molecular flexibility index (Phi) is 2.36. The van der Waals surface area contributed by atoms with Crippen LogP contribution in [0.15, 0.2) is 18.2 Å². The quantitative estimate of drug-likeness (QED) is 0.724. The van der Waals surface area contributed by atoms with Gasteiger partial charge in [0, 0.05) is 7.05 Å². The van der Waals surface area contributed by atoms with Gasteiger partial charge in [-0.25, -0.2) is 0 Å². The highest BCUT2D eigenvalue weighted by molar-refractivity contribution is 6.01. The van der Waals surface area contributed by atoms with E-state index in [0.717, 1.165) is 16.9 Å². The first-order chi connectivity index (χ1) is 7.08. The molecule has 1 amide bonds. The Balaban J connectivity index is 2.43. The summed E-state index contributed by atoms with van der Waals surface area (Å²) in [5.41, 5.74) is 2.61. The second kappa shape index (κ2) is 3.55. The number of fused-ring (bicyclic) bond motifs is 1. The van der Waals surface area contributed by atoms with Crippen LogP contribution in [0.4, 0.5) is 11.4 Å². The van der Waals surface area contributed by atoms with E-state index in [-0.39, 0.29) is 5.91 Å². The predicted octanol–water partition coefficient (Wildman–Crippen LogP) is 1.13. The number of anilines is 2. The molecule has 1 aromatic rings. The topological polar surface area (TPSA) is 52.6 Å². The molecule has 4 heteroatoms. The molecule has 0 aromatic heterocycles. The van der Waals surface area contributed by atoms with Crippen LogP contribution in [0, 0.1) is 0 Å². The van der Waals surface area contributed by atoms with E-state index in [0.29, 0.717) is 6.54 Å². The van der Waals surface area contributed by atoms with Crippen LogP contribution in [-0.4, -0.2) is 24.6 Å². The monoisotopic (exact) mass is 206 g/mol. The van der Waals surface area contributed by atoms with Crippen LogP contribution in [0.2, 0.25) is 0 Å². The van der Waals surface area contributed by atoms with Crippen molar-refractivity contribution in [3.8, 4) is 0 Å². The average molecular weight is 206 g/mol. The van der Waals surface area contributed by atoms with Gasteiger partial charge in [0.25, 0.3) is 0 Å². The molecule has 2 N–H and O–H groups in total. The molecule has 0 radical (unpaired) electrons. The molecule has 4 nitrogen and oxygen atoms in total. The second-order valence-electron chi connectivity index (χ2n) is 3.86. The molecule has 0 saturated heterocycles. The Bertz CT molecular complexity index is 402. The zero-order chi connectivity index (χ0) is 11.0. The van der Waals surface area contributed by atoms with Gasteiger partial charge in [0.15, 0.2) is 0 Å². The zero-order valence-corrected chi connectivity index (χ0v) is 8.82. The molecule has 0 spiro atoms. The van der Waals surface area contributed by atoms with Gasteiger partial charge in [0.05, 0.1) is 24.0 Å². The Morgan fingerprint density at radius 3 is 2.93 bits per heavy atom. The summed E-state index contributed by atoms with van der Waals surface area (Å²) in [5.74, 6) is -0.00482. The van der Waals surface area contributed by atoms with E-state index in [1.807, 2.05) is 30.1 Å². The van der Waals surface area contributed by atoms with E-state index in [1.54, 1.807) is 6.92 Å². The molecule has 1 aromatic carbocycles. The summed E-state index contributed by atoms with van der Waals surface area (Å²) in [7, 11) is 1.86. The van der Waals surface area contributed by atoms with Crippen LogP contribution in [0.5, 0.6) is 0 Å². The fourth-order valence-corrected chi connectivity index (χ4v) is 1.72. The molecular weight excluding hydrogens is 192 g/mol. The number of benzene rings is 1. The number of carbonyl (C=O) groups is 1. The SMILES string of the molecule is CC(O)c1ccc2c(c1)N(C)CC(=O)N2. The number of nitrogens with one attached hydrogen (secondary N) is 1. The number of hydrogen-bond donors (Lipinski definition) is 2. The van der Waals surface area contributed by atoms with Crippen molar-refractivity contribution in [3.05, 3.63) is 23.8 Å². The van der Waals surface area contributed by atoms with Crippen molar-refractivity contribution in [1.29, 1.82) is 0 Å². The molecule has 0 saturated carbocycles. The van der Waals surface area contributed by atoms with Crippen LogP contribution in [0.3, 0.4) is 0 Å². The van der Waals surface area contributed by atoms with Crippen molar-refractivity contribution in [2.45, 2.75) is 13.0 Å². The third kappa shape index (κ3) is 1.80. The van der Waals surface area contributed by atoms with Gasteiger partial charge < -0.3 is 15.3 Å². The first kappa shape index (κ1) is 9.98. The summed E-state index contributed by atoms with van der Waals surface area (Å²) in [5, 5.41) is 12.3. The highest BCUT2D eigenvalue weighted by Crippen LogP contribution is 2.31. The fourth-order valence-electron chi connectivity index (χ4n) is 1.72. The van der Waals surface area contributed by atoms with E-state index in [2.05, 4.69) is 5.32 Å². The number of rotatable bonds is 1. The van der Waals surface area contributed by atoms with Crippen molar-refractivity contribution >= 4 is 17.3 Å². The molecule has 0 bridgehead atoms. The number of hydrogen-bond acceptors (Lipinski definition) is 3. The van der Waals surface area contributed by atoms with Crippen LogP contribution in [0.1, 0.15) is 18.6 Å². The zero-order valence-electron chi connectivity index (χ0n) is 8.82. The largest absolute Gasteiger partial charge is 0.389 e. The van der Waals surface area contributed by atoms with Crippen LogP contribution in [0.25, 0.3) is 0 Å². The smallest absolute Gasteiger partial charge is 0.243 e. The van der Waals surface area contributed by atoms with Crippen LogP contribution in [-0.2, 0) is 4.79 Å². The lowest BCUT2D eigenvalue weighted by atomic mass is 10.1. The standard InChI is InChI=1S/C11H14N2O2/c1-7(14)8-3-4-9-10(5-8)13(2)6-11(15)12-9/h3-5,7,14H,6H2,1-2H3,(H,12,15). The van der Waals surface area contributed by atoms with Crippen molar-refractivity contribution < 1.29 is 9.90 Å². The highest BCUT2D eigenvalue weighted by atomic mass is 16.3. The first-order valence-electron chi connectivity index (χ1n) is 4.91. The first-order valence-corrected chi connectivity index (χ1v) is 4.91. The minimum atomic E-state index is -0.485. The van der Waals surface area contributed by atoms with E-state index in [1.165, 1.54) is 0 Å². The minimum Gasteiger partial charge on any atom is -0.389 e. The molecule has 1 unspecified atom stereocenters. The summed E-state index contributed by atoms with van der Waals surface area (Å²) in [6, 6.07) is 5.55. The van der Waals surface area contributed by atoms with Gasteiger partial charge in [-0.3, -0.25) is 4.79 Å². The normalized spacial score (nSPS) is 17.0. The highest BCUT2D eigenvalue weighted by Gasteiger charge is 2.19. The van der Waals surface area contributed by atoms with E-state index in [4.69, 9.17) is 0 Å². The number of likely N-dealkylation sites (N-methyl/N-ethyl adjacent to an activating group) is 1. The van der Waals surface area contributed by atoms with Gasteiger partial charge in [-0.05, 0) is 24.6 Å². The number of amides is 1. The van der Waals surface area contributed by atoms with Gasteiger partial charge in [0.1, 0.15) is 0 Å². The van der Waals surface area contributed by atoms with Crippen LogP contribution >= 0.6 is 0 Å². The summed E-state index contributed by atoms with van der Waals surface area (Å²) in [4.78, 5) is 13.1. The maximum absolute atomic E-state index is 11.3. The molecule has 1 aliphatic rings. The molecule has 80 valence electrons. The Morgan fingerprint density at radius 2 is 2.27 bits per heavy atom. The third-order valence-corrected chi connectivity index (χ3v) is 2.57. The lowest BCUT2D eigenvalue weighted by Crippen LogP contribution is -2.35. The predicted molar refractivity (Wildman–Crippen MR) is 59.0 cm³/mol. The average Bonchev–Trinajstić information content (AvgIpc) is 2.16. The lowest BCUT2D eigenvalue weighted by Gasteiger charge is -2.28. The fraction of sp³-hybridized carbons (Fsp3) is 0.364. The molecule has 0 aliphatic carbocycles. The summed E-state index contributed by atoms with van der Waals surface area (Å²) in [6.07, 6.45) is -0.485. The summed E-state index contributed by atoms with van der Waals surface area (Å²) in [6.45, 7) is 2.08. The van der Waals surface area contributed by atoms with E-state index < -0.39 is 6.10 Å². The Morgan fingerprint density at radius 1 is 1.53 bits per heavy atom. The molecule has 0 fully saturated rings. The van der Waals surface area contributed by atoms with Crippen LogP contribution < -0.4 is 10.2 Å².